The molecular weight excluding hydrogens is 380 g/mol. The second-order valence-electron chi connectivity index (χ2n) is 7.19. The molecule has 0 radical (unpaired) electrons. The van der Waals surface area contributed by atoms with Crippen LogP contribution in [0.2, 0.25) is 0 Å². The van der Waals surface area contributed by atoms with Crippen LogP contribution in [-0.2, 0) is 16.0 Å². The number of aromatic nitrogens is 1. The van der Waals surface area contributed by atoms with Gasteiger partial charge in [-0.05, 0) is 42.7 Å². The van der Waals surface area contributed by atoms with Crippen LogP contribution in [0.3, 0.4) is 0 Å². The van der Waals surface area contributed by atoms with Crippen LogP contribution < -0.4 is 10.6 Å². The van der Waals surface area contributed by atoms with E-state index in [1.165, 1.54) is 4.90 Å². The monoisotopic (exact) mass is 402 g/mol. The number of amides is 4. The highest BCUT2D eigenvalue weighted by Crippen LogP contribution is 2.22. The lowest BCUT2D eigenvalue weighted by molar-refractivity contribution is -0.127. The van der Waals surface area contributed by atoms with Gasteiger partial charge in [-0.15, -0.1) is 0 Å². The Kier molecular flexibility index (Phi) is 5.70. The number of hydrogen-bond acceptors (Lipinski definition) is 4. The number of anilines is 1. The molecule has 2 aromatic carbocycles. The first-order valence-corrected chi connectivity index (χ1v) is 9.91. The number of hydrogen-bond donors (Lipinski definition) is 2. The Hall–Kier alpha value is -3.74. The van der Waals surface area contributed by atoms with Crippen molar-refractivity contribution < 1.29 is 14.4 Å². The molecule has 152 valence electrons. The van der Waals surface area contributed by atoms with E-state index in [0.717, 1.165) is 16.5 Å². The van der Waals surface area contributed by atoms with Gasteiger partial charge in [-0.1, -0.05) is 36.4 Å². The SMILES string of the molecule is O=C(CCC1NC(=O)N(CCc2ccccc2)C1=O)Nc1cccc2ncccc12. The van der Waals surface area contributed by atoms with E-state index < -0.39 is 12.1 Å². The Morgan fingerprint density at radius 3 is 2.70 bits per heavy atom. The quantitative estimate of drug-likeness (QED) is 0.594. The normalized spacial score (nSPS) is 16.0. The minimum absolute atomic E-state index is 0.125. The number of nitrogens with zero attached hydrogens (tertiary/aromatic N) is 2. The van der Waals surface area contributed by atoms with Gasteiger partial charge in [-0.25, -0.2) is 4.79 Å². The Bertz CT molecular complexity index is 1080. The average Bonchev–Trinajstić information content (AvgIpc) is 3.04. The molecule has 1 aliphatic heterocycles. The highest BCUT2D eigenvalue weighted by Gasteiger charge is 2.37. The number of nitrogens with one attached hydrogen (secondary N) is 2. The zero-order valence-electron chi connectivity index (χ0n) is 16.4. The summed E-state index contributed by atoms with van der Waals surface area (Å²) < 4.78 is 0. The number of imide groups is 1. The highest BCUT2D eigenvalue weighted by atomic mass is 16.2. The molecule has 1 unspecified atom stereocenters. The van der Waals surface area contributed by atoms with Crippen molar-refractivity contribution in [3.63, 3.8) is 0 Å². The molecule has 1 aromatic heterocycles. The summed E-state index contributed by atoms with van der Waals surface area (Å²) in [5, 5.41) is 6.42. The fourth-order valence-corrected chi connectivity index (χ4v) is 3.57. The van der Waals surface area contributed by atoms with E-state index in [1.54, 1.807) is 6.20 Å². The Balaban J connectivity index is 1.31. The van der Waals surface area contributed by atoms with Crippen LogP contribution in [-0.4, -0.2) is 40.3 Å². The molecule has 2 heterocycles. The van der Waals surface area contributed by atoms with Crippen LogP contribution in [0.15, 0.2) is 66.9 Å². The van der Waals surface area contributed by atoms with Gasteiger partial charge in [0.15, 0.2) is 0 Å². The van der Waals surface area contributed by atoms with Crippen molar-refractivity contribution in [3.05, 3.63) is 72.4 Å². The van der Waals surface area contributed by atoms with Gasteiger partial charge in [-0.2, -0.15) is 0 Å². The third-order valence-electron chi connectivity index (χ3n) is 5.15. The van der Waals surface area contributed by atoms with E-state index in [-0.39, 0.29) is 24.7 Å². The lowest BCUT2D eigenvalue weighted by Crippen LogP contribution is -2.33. The summed E-state index contributed by atoms with van der Waals surface area (Å²) in [5.74, 6) is -0.491. The molecule has 0 aliphatic carbocycles. The number of fused-ring (bicyclic) bond motifs is 1. The lowest BCUT2D eigenvalue weighted by atomic mass is 10.1. The van der Waals surface area contributed by atoms with Crippen LogP contribution in [0, 0.1) is 0 Å². The fraction of sp³-hybridized carbons (Fsp3) is 0.217. The largest absolute Gasteiger partial charge is 0.326 e. The number of rotatable bonds is 7. The number of pyridine rings is 1. The van der Waals surface area contributed by atoms with E-state index >= 15 is 0 Å². The minimum Gasteiger partial charge on any atom is -0.326 e. The highest BCUT2D eigenvalue weighted by molar-refractivity contribution is 6.05. The van der Waals surface area contributed by atoms with Gasteiger partial charge in [0.2, 0.25) is 5.91 Å². The Morgan fingerprint density at radius 1 is 1.03 bits per heavy atom. The van der Waals surface area contributed by atoms with Gasteiger partial charge in [-0.3, -0.25) is 19.5 Å². The number of urea groups is 1. The summed E-state index contributed by atoms with van der Waals surface area (Å²) >= 11 is 0. The molecule has 1 saturated heterocycles. The fourth-order valence-electron chi connectivity index (χ4n) is 3.57. The molecule has 3 aromatic rings. The molecule has 2 N–H and O–H groups in total. The first-order chi connectivity index (χ1) is 14.6. The Morgan fingerprint density at radius 2 is 1.87 bits per heavy atom. The van der Waals surface area contributed by atoms with Crippen molar-refractivity contribution in [2.24, 2.45) is 0 Å². The number of benzene rings is 2. The molecule has 1 fully saturated rings. The zero-order valence-corrected chi connectivity index (χ0v) is 16.4. The molecule has 0 bridgehead atoms. The third kappa shape index (κ3) is 4.30. The maximum absolute atomic E-state index is 12.6. The average molecular weight is 402 g/mol. The molecule has 7 heteroatoms. The summed E-state index contributed by atoms with van der Waals surface area (Å²) in [5.41, 5.74) is 2.53. The summed E-state index contributed by atoms with van der Waals surface area (Å²) in [6.07, 6.45) is 2.68. The number of carbonyl (C=O) groups is 3. The second kappa shape index (κ2) is 8.73. The van der Waals surface area contributed by atoms with E-state index in [4.69, 9.17) is 0 Å². The predicted octanol–water partition coefficient (Wildman–Crippen LogP) is 3.12. The summed E-state index contributed by atoms with van der Waals surface area (Å²) in [6.45, 7) is 0.320. The molecule has 4 amide bonds. The van der Waals surface area contributed by atoms with Gasteiger partial charge < -0.3 is 10.6 Å². The third-order valence-corrected chi connectivity index (χ3v) is 5.15. The van der Waals surface area contributed by atoms with Crippen LogP contribution >= 0.6 is 0 Å². The predicted molar refractivity (Wildman–Crippen MR) is 114 cm³/mol. The summed E-state index contributed by atoms with van der Waals surface area (Å²) in [7, 11) is 0. The van der Waals surface area contributed by atoms with Gasteiger partial charge in [0.05, 0.1) is 11.2 Å². The van der Waals surface area contributed by atoms with E-state index in [0.29, 0.717) is 18.7 Å². The first-order valence-electron chi connectivity index (χ1n) is 9.91. The van der Waals surface area contributed by atoms with Crippen molar-refractivity contribution in [2.75, 3.05) is 11.9 Å². The van der Waals surface area contributed by atoms with Gasteiger partial charge in [0.25, 0.3) is 5.91 Å². The van der Waals surface area contributed by atoms with E-state index in [9.17, 15) is 14.4 Å². The molecule has 7 nitrogen and oxygen atoms in total. The lowest BCUT2D eigenvalue weighted by Gasteiger charge is -2.13. The maximum Gasteiger partial charge on any atom is 0.324 e. The molecule has 0 spiro atoms. The topological polar surface area (TPSA) is 91.4 Å². The van der Waals surface area contributed by atoms with Crippen LogP contribution in [0.4, 0.5) is 10.5 Å². The molecule has 4 rings (SSSR count). The van der Waals surface area contributed by atoms with Gasteiger partial charge in [0.1, 0.15) is 6.04 Å². The number of carbonyl (C=O) groups excluding carboxylic acids is 3. The van der Waals surface area contributed by atoms with Crippen LogP contribution in [0.1, 0.15) is 18.4 Å². The van der Waals surface area contributed by atoms with Crippen LogP contribution in [0.25, 0.3) is 10.9 Å². The zero-order chi connectivity index (χ0) is 20.9. The standard InChI is InChI=1S/C23H22N4O3/c28-21(25-19-10-4-9-18-17(19)8-5-14-24-18)12-11-20-22(29)27(23(30)26-20)15-13-16-6-2-1-3-7-16/h1-10,14,20H,11-13,15H2,(H,25,28)(H,26,30). The van der Waals surface area contributed by atoms with Crippen molar-refractivity contribution in [1.82, 2.24) is 15.2 Å². The molecule has 0 saturated carbocycles. The van der Waals surface area contributed by atoms with Crippen molar-refractivity contribution in [1.29, 1.82) is 0 Å². The van der Waals surface area contributed by atoms with Crippen molar-refractivity contribution in [3.8, 4) is 0 Å². The molecule has 30 heavy (non-hydrogen) atoms. The second-order valence-corrected chi connectivity index (χ2v) is 7.19. The maximum atomic E-state index is 12.6. The molecule has 1 atom stereocenters. The van der Waals surface area contributed by atoms with E-state index in [2.05, 4.69) is 15.6 Å². The first kappa shape index (κ1) is 19.6. The van der Waals surface area contributed by atoms with Crippen LogP contribution in [0.5, 0.6) is 0 Å². The Labute approximate surface area is 174 Å². The van der Waals surface area contributed by atoms with E-state index in [1.807, 2.05) is 60.7 Å². The van der Waals surface area contributed by atoms with Gasteiger partial charge >= 0.3 is 6.03 Å². The molecular formula is C23H22N4O3. The van der Waals surface area contributed by atoms with Gasteiger partial charge in [0, 0.05) is 24.5 Å². The smallest absolute Gasteiger partial charge is 0.324 e. The minimum atomic E-state index is -0.673. The summed E-state index contributed by atoms with van der Waals surface area (Å²) in [6, 6.07) is 17.9. The molecule has 1 aliphatic rings. The summed E-state index contributed by atoms with van der Waals surface area (Å²) in [4.78, 5) is 42.7. The van der Waals surface area contributed by atoms with Crippen molar-refractivity contribution >= 4 is 34.4 Å². The van der Waals surface area contributed by atoms with Crippen molar-refractivity contribution in [2.45, 2.75) is 25.3 Å².